The molecule has 1 unspecified atom stereocenters. The standard InChI is InChI=1S/C13H15FN2O4/c1-7(13(19)20)6-15-12(18)9-3-4-10(14)11(5-9)16-8(2)17/h3-5,7H,6H2,1-2H3,(H,15,18)(H,16,17)(H,19,20). The summed E-state index contributed by atoms with van der Waals surface area (Å²) in [6.45, 7) is 2.64. The van der Waals surface area contributed by atoms with Gasteiger partial charge in [-0.15, -0.1) is 0 Å². The number of carboxylic acids is 1. The monoisotopic (exact) mass is 282 g/mol. The Labute approximate surface area is 115 Å². The average molecular weight is 282 g/mol. The van der Waals surface area contributed by atoms with Crippen molar-refractivity contribution in [1.82, 2.24) is 5.32 Å². The number of carboxylic acid groups (broad SMARTS) is 1. The van der Waals surface area contributed by atoms with Crippen molar-refractivity contribution in [2.45, 2.75) is 13.8 Å². The third-order valence-corrected chi connectivity index (χ3v) is 2.53. The van der Waals surface area contributed by atoms with Crippen LogP contribution in [0.25, 0.3) is 0 Å². The van der Waals surface area contributed by atoms with Gasteiger partial charge < -0.3 is 15.7 Å². The molecule has 0 bridgehead atoms. The number of aliphatic carboxylic acids is 1. The molecule has 0 heterocycles. The minimum Gasteiger partial charge on any atom is -0.481 e. The van der Waals surface area contributed by atoms with Crippen LogP contribution in [0.15, 0.2) is 18.2 Å². The van der Waals surface area contributed by atoms with Crippen molar-refractivity contribution in [3.8, 4) is 0 Å². The summed E-state index contributed by atoms with van der Waals surface area (Å²) in [6, 6.07) is 3.50. The summed E-state index contributed by atoms with van der Waals surface area (Å²) in [4.78, 5) is 33.3. The highest BCUT2D eigenvalue weighted by Gasteiger charge is 2.14. The number of hydrogen-bond donors (Lipinski definition) is 3. The first-order chi connectivity index (χ1) is 9.31. The summed E-state index contributed by atoms with van der Waals surface area (Å²) in [5.41, 5.74) is 0.0316. The summed E-state index contributed by atoms with van der Waals surface area (Å²) in [5.74, 6) is -3.40. The van der Waals surface area contributed by atoms with Gasteiger partial charge in [0.15, 0.2) is 0 Å². The topological polar surface area (TPSA) is 95.5 Å². The van der Waals surface area contributed by atoms with Crippen molar-refractivity contribution < 1.29 is 23.9 Å². The smallest absolute Gasteiger partial charge is 0.308 e. The van der Waals surface area contributed by atoms with Crippen LogP contribution in [-0.2, 0) is 9.59 Å². The molecule has 7 heteroatoms. The molecule has 0 aromatic heterocycles. The van der Waals surface area contributed by atoms with Crippen molar-refractivity contribution >= 4 is 23.5 Å². The van der Waals surface area contributed by atoms with Gasteiger partial charge in [-0.25, -0.2) is 4.39 Å². The van der Waals surface area contributed by atoms with E-state index in [0.29, 0.717) is 0 Å². The fourth-order valence-electron chi connectivity index (χ4n) is 1.39. The van der Waals surface area contributed by atoms with E-state index in [2.05, 4.69) is 10.6 Å². The Hall–Kier alpha value is -2.44. The van der Waals surface area contributed by atoms with E-state index < -0.39 is 29.5 Å². The van der Waals surface area contributed by atoms with Crippen molar-refractivity contribution in [1.29, 1.82) is 0 Å². The van der Waals surface area contributed by atoms with Crippen LogP contribution in [0.3, 0.4) is 0 Å². The quantitative estimate of drug-likeness (QED) is 0.757. The zero-order chi connectivity index (χ0) is 15.3. The molecule has 1 rings (SSSR count). The van der Waals surface area contributed by atoms with Crippen LogP contribution in [0.1, 0.15) is 24.2 Å². The number of halogens is 1. The normalized spacial score (nSPS) is 11.6. The van der Waals surface area contributed by atoms with E-state index >= 15 is 0 Å². The fraction of sp³-hybridized carbons (Fsp3) is 0.308. The first kappa shape index (κ1) is 15.6. The van der Waals surface area contributed by atoms with E-state index in [0.717, 1.165) is 6.07 Å². The number of hydrogen-bond acceptors (Lipinski definition) is 3. The molecule has 0 radical (unpaired) electrons. The maximum atomic E-state index is 13.4. The third-order valence-electron chi connectivity index (χ3n) is 2.53. The van der Waals surface area contributed by atoms with Gasteiger partial charge in [-0.1, -0.05) is 6.92 Å². The number of benzene rings is 1. The molecule has 0 aliphatic rings. The Kier molecular flexibility index (Phi) is 5.19. The SMILES string of the molecule is CC(=O)Nc1cc(C(=O)NCC(C)C(=O)O)ccc1F. The number of carbonyl (C=O) groups is 3. The molecule has 0 aliphatic heterocycles. The number of nitrogens with one attached hydrogen (secondary N) is 2. The molecule has 0 fully saturated rings. The molecule has 6 nitrogen and oxygen atoms in total. The van der Waals surface area contributed by atoms with Crippen molar-refractivity contribution in [2.24, 2.45) is 5.92 Å². The van der Waals surface area contributed by atoms with Gasteiger partial charge in [0.1, 0.15) is 5.82 Å². The summed E-state index contributed by atoms with van der Waals surface area (Å²) in [6.07, 6.45) is 0. The van der Waals surface area contributed by atoms with Crippen LogP contribution in [-0.4, -0.2) is 29.4 Å². The van der Waals surface area contributed by atoms with E-state index in [4.69, 9.17) is 5.11 Å². The highest BCUT2D eigenvalue weighted by Crippen LogP contribution is 2.16. The third kappa shape index (κ3) is 4.34. The van der Waals surface area contributed by atoms with Crippen LogP contribution in [0, 0.1) is 11.7 Å². The van der Waals surface area contributed by atoms with Gasteiger partial charge in [0, 0.05) is 19.0 Å². The largest absolute Gasteiger partial charge is 0.481 e. The highest BCUT2D eigenvalue weighted by molar-refractivity contribution is 5.97. The Morgan fingerprint density at radius 3 is 2.55 bits per heavy atom. The van der Waals surface area contributed by atoms with Crippen LogP contribution in [0.4, 0.5) is 10.1 Å². The molecule has 3 N–H and O–H groups in total. The van der Waals surface area contributed by atoms with E-state index in [1.54, 1.807) is 0 Å². The van der Waals surface area contributed by atoms with Gasteiger partial charge >= 0.3 is 5.97 Å². The van der Waals surface area contributed by atoms with Crippen molar-refractivity contribution in [2.75, 3.05) is 11.9 Å². The minimum atomic E-state index is -1.02. The molecular formula is C13H15FN2O4. The van der Waals surface area contributed by atoms with E-state index in [9.17, 15) is 18.8 Å². The van der Waals surface area contributed by atoms with E-state index in [-0.39, 0.29) is 17.8 Å². The molecule has 108 valence electrons. The highest BCUT2D eigenvalue weighted by atomic mass is 19.1. The second-order valence-electron chi connectivity index (χ2n) is 4.33. The van der Waals surface area contributed by atoms with Gasteiger partial charge in [-0.3, -0.25) is 14.4 Å². The number of carbonyl (C=O) groups excluding carboxylic acids is 2. The Bertz CT molecular complexity index is 545. The van der Waals surface area contributed by atoms with Crippen molar-refractivity contribution in [3.05, 3.63) is 29.6 Å². The lowest BCUT2D eigenvalue weighted by Crippen LogP contribution is -2.31. The summed E-state index contributed by atoms with van der Waals surface area (Å²) >= 11 is 0. The molecule has 0 saturated carbocycles. The summed E-state index contributed by atoms with van der Waals surface area (Å²) in [5, 5.41) is 13.4. The number of anilines is 1. The Morgan fingerprint density at radius 2 is 2.00 bits per heavy atom. The zero-order valence-electron chi connectivity index (χ0n) is 11.1. The second-order valence-corrected chi connectivity index (χ2v) is 4.33. The Morgan fingerprint density at radius 1 is 1.35 bits per heavy atom. The lowest BCUT2D eigenvalue weighted by atomic mass is 10.1. The second kappa shape index (κ2) is 6.65. The molecule has 1 aromatic rings. The fourth-order valence-corrected chi connectivity index (χ4v) is 1.39. The minimum absolute atomic E-state index is 0.0407. The molecule has 1 aromatic carbocycles. The van der Waals surface area contributed by atoms with E-state index in [1.807, 2.05) is 0 Å². The molecule has 2 amide bonds. The van der Waals surface area contributed by atoms with Gasteiger partial charge in [0.2, 0.25) is 5.91 Å². The first-order valence-electron chi connectivity index (χ1n) is 5.89. The summed E-state index contributed by atoms with van der Waals surface area (Å²) in [7, 11) is 0. The lowest BCUT2D eigenvalue weighted by molar-refractivity contribution is -0.140. The van der Waals surface area contributed by atoms with Gasteiger partial charge in [0.05, 0.1) is 11.6 Å². The first-order valence-corrected chi connectivity index (χ1v) is 5.89. The van der Waals surface area contributed by atoms with Gasteiger partial charge in [-0.05, 0) is 18.2 Å². The number of amides is 2. The molecular weight excluding hydrogens is 267 g/mol. The molecule has 0 aliphatic carbocycles. The van der Waals surface area contributed by atoms with Crippen LogP contribution < -0.4 is 10.6 Å². The average Bonchev–Trinajstić information content (AvgIpc) is 2.37. The number of rotatable bonds is 5. The maximum Gasteiger partial charge on any atom is 0.308 e. The summed E-state index contributed by atoms with van der Waals surface area (Å²) < 4.78 is 13.4. The molecule has 20 heavy (non-hydrogen) atoms. The van der Waals surface area contributed by atoms with E-state index in [1.165, 1.54) is 26.0 Å². The van der Waals surface area contributed by atoms with Crippen LogP contribution in [0.5, 0.6) is 0 Å². The zero-order valence-corrected chi connectivity index (χ0v) is 11.1. The molecule has 1 atom stereocenters. The predicted octanol–water partition coefficient (Wildman–Crippen LogP) is 1.23. The lowest BCUT2D eigenvalue weighted by Gasteiger charge is -2.10. The molecule has 0 saturated heterocycles. The molecule has 0 spiro atoms. The van der Waals surface area contributed by atoms with Crippen LogP contribution >= 0.6 is 0 Å². The van der Waals surface area contributed by atoms with Gasteiger partial charge in [0.25, 0.3) is 5.91 Å². The van der Waals surface area contributed by atoms with Crippen molar-refractivity contribution in [3.63, 3.8) is 0 Å². The van der Waals surface area contributed by atoms with Gasteiger partial charge in [-0.2, -0.15) is 0 Å². The Balaban J connectivity index is 2.78. The predicted molar refractivity (Wildman–Crippen MR) is 69.8 cm³/mol. The maximum absolute atomic E-state index is 13.4. The van der Waals surface area contributed by atoms with Crippen LogP contribution in [0.2, 0.25) is 0 Å².